The maximum Gasteiger partial charge on any atom is 0.335 e. The monoisotopic (exact) mass is 338 g/mol. The lowest BCUT2D eigenvalue weighted by atomic mass is 10.1. The van der Waals surface area contributed by atoms with E-state index in [0.717, 1.165) is 18.5 Å². The number of amides is 1. The van der Waals surface area contributed by atoms with Crippen molar-refractivity contribution in [2.24, 2.45) is 0 Å². The van der Waals surface area contributed by atoms with Crippen LogP contribution in [0, 0.1) is 0 Å². The molecule has 0 aliphatic heterocycles. The number of carbonyl (C=O) groups is 2. The molecule has 2 aromatic rings. The van der Waals surface area contributed by atoms with Crippen molar-refractivity contribution in [3.63, 3.8) is 0 Å². The zero-order valence-corrected chi connectivity index (χ0v) is 13.8. The van der Waals surface area contributed by atoms with Crippen LogP contribution in [0.25, 0.3) is 16.7 Å². The number of aliphatic carboxylic acids is 1. The van der Waals surface area contributed by atoms with Gasteiger partial charge < -0.3 is 14.4 Å². The van der Waals surface area contributed by atoms with E-state index in [0.29, 0.717) is 35.5 Å². The van der Waals surface area contributed by atoms with Crippen LogP contribution in [-0.2, 0) is 9.59 Å². The predicted molar refractivity (Wildman–Crippen MR) is 95.2 cm³/mol. The summed E-state index contributed by atoms with van der Waals surface area (Å²) >= 11 is 0. The number of benzene rings is 1. The van der Waals surface area contributed by atoms with Crippen LogP contribution in [0.3, 0.4) is 0 Å². The fraction of sp³-hybridized carbons (Fsp3) is 0.211. The minimum atomic E-state index is -0.997. The van der Waals surface area contributed by atoms with Crippen LogP contribution in [0.15, 0.2) is 52.5 Å². The lowest BCUT2D eigenvalue weighted by Crippen LogP contribution is -2.21. The molecule has 1 aromatic carbocycles. The fourth-order valence-corrected chi connectivity index (χ4v) is 2.65. The summed E-state index contributed by atoms with van der Waals surface area (Å²) in [6, 6.07) is 5.37. The Morgan fingerprint density at radius 2 is 2.28 bits per heavy atom. The van der Waals surface area contributed by atoms with Gasteiger partial charge in [0, 0.05) is 17.8 Å². The zero-order chi connectivity index (χ0) is 17.8. The Hall–Kier alpha value is -3.15. The summed E-state index contributed by atoms with van der Waals surface area (Å²) in [6.07, 6.45) is 9.01. The van der Waals surface area contributed by atoms with Crippen molar-refractivity contribution in [2.45, 2.75) is 19.8 Å². The second-order valence-corrected chi connectivity index (χ2v) is 5.67. The van der Waals surface area contributed by atoms with E-state index < -0.39 is 5.97 Å². The Kier molecular flexibility index (Phi) is 4.79. The Morgan fingerprint density at radius 1 is 1.44 bits per heavy atom. The fourth-order valence-electron chi connectivity index (χ4n) is 2.65. The van der Waals surface area contributed by atoms with Crippen LogP contribution >= 0.6 is 0 Å². The van der Waals surface area contributed by atoms with E-state index in [-0.39, 0.29) is 5.57 Å². The first kappa shape index (κ1) is 16.7. The molecule has 1 amide bonds. The molecule has 0 atom stereocenters. The van der Waals surface area contributed by atoms with Gasteiger partial charge in [0.2, 0.25) is 12.3 Å². The number of carboxylic acid groups (broad SMARTS) is 1. The van der Waals surface area contributed by atoms with Crippen molar-refractivity contribution in [1.29, 1.82) is 0 Å². The van der Waals surface area contributed by atoms with Gasteiger partial charge in [-0.05, 0) is 37.1 Å². The molecule has 0 fully saturated rings. The van der Waals surface area contributed by atoms with Gasteiger partial charge >= 0.3 is 5.97 Å². The number of hydrogen-bond donors (Lipinski definition) is 1. The lowest BCUT2D eigenvalue weighted by Gasteiger charge is -2.15. The van der Waals surface area contributed by atoms with Gasteiger partial charge in [-0.3, -0.25) is 4.79 Å². The molecule has 6 nitrogen and oxygen atoms in total. The number of hydrogen-bond acceptors (Lipinski definition) is 4. The molecule has 1 aliphatic carbocycles. The van der Waals surface area contributed by atoms with Gasteiger partial charge in [-0.1, -0.05) is 25.2 Å². The molecule has 0 unspecified atom stereocenters. The third-order valence-corrected chi connectivity index (χ3v) is 3.87. The molecule has 0 saturated heterocycles. The first-order chi connectivity index (χ1) is 12.1. The van der Waals surface area contributed by atoms with E-state index in [4.69, 9.17) is 4.42 Å². The minimum absolute atomic E-state index is 0.182. The molecular formula is C19H18N2O4. The highest BCUT2D eigenvalue weighted by Crippen LogP contribution is 2.27. The number of fused-ring (bicyclic) bond motifs is 1. The first-order valence-corrected chi connectivity index (χ1v) is 8.07. The molecule has 0 saturated carbocycles. The molecule has 25 heavy (non-hydrogen) atoms. The van der Waals surface area contributed by atoms with Crippen LogP contribution in [-0.4, -0.2) is 29.0 Å². The number of allylic oxidation sites excluding steroid dienone is 4. The minimum Gasteiger partial charge on any atom is -0.478 e. The average molecular weight is 338 g/mol. The van der Waals surface area contributed by atoms with Gasteiger partial charge in [0.05, 0.1) is 5.57 Å². The van der Waals surface area contributed by atoms with E-state index >= 15 is 0 Å². The van der Waals surface area contributed by atoms with Crippen molar-refractivity contribution in [1.82, 2.24) is 4.98 Å². The highest BCUT2D eigenvalue weighted by molar-refractivity contribution is 5.94. The van der Waals surface area contributed by atoms with E-state index in [1.165, 1.54) is 0 Å². The standard InChI is InChI=1S/C19H18N2O4/c1-2-9-21(12-22)15-7-8-17-16(11-15)20-18(25-17)13-5-3-4-6-14(10-13)19(23)24/h4-8,10-12H,2-3,9H2,1H3,(H,23,24). The summed E-state index contributed by atoms with van der Waals surface area (Å²) < 4.78 is 5.77. The first-order valence-electron chi connectivity index (χ1n) is 8.07. The Morgan fingerprint density at radius 3 is 3.00 bits per heavy atom. The second-order valence-electron chi connectivity index (χ2n) is 5.67. The quantitative estimate of drug-likeness (QED) is 0.814. The van der Waals surface area contributed by atoms with E-state index in [2.05, 4.69) is 4.98 Å². The smallest absolute Gasteiger partial charge is 0.335 e. The number of anilines is 1. The molecule has 0 bridgehead atoms. The van der Waals surface area contributed by atoms with Gasteiger partial charge in [0.1, 0.15) is 5.52 Å². The molecule has 128 valence electrons. The summed E-state index contributed by atoms with van der Waals surface area (Å²) in [5.41, 5.74) is 2.77. The summed E-state index contributed by atoms with van der Waals surface area (Å²) in [5.74, 6) is -0.633. The van der Waals surface area contributed by atoms with Crippen LogP contribution in [0.1, 0.15) is 25.7 Å². The largest absolute Gasteiger partial charge is 0.478 e. The Bertz CT molecular complexity index is 905. The molecular weight excluding hydrogens is 320 g/mol. The molecule has 6 heteroatoms. The van der Waals surface area contributed by atoms with Gasteiger partial charge in [-0.25, -0.2) is 9.78 Å². The van der Waals surface area contributed by atoms with E-state index in [9.17, 15) is 14.7 Å². The molecule has 1 heterocycles. The van der Waals surface area contributed by atoms with Crippen molar-refractivity contribution in [3.8, 4) is 0 Å². The SMILES string of the molecule is CCCN(C=O)c1ccc2oc(C3=CCC=CC(C(=O)O)=C3)nc2c1. The molecule has 1 N–H and O–H groups in total. The predicted octanol–water partition coefficient (Wildman–Crippen LogP) is 3.55. The normalized spacial score (nSPS) is 14.0. The highest BCUT2D eigenvalue weighted by atomic mass is 16.4. The van der Waals surface area contributed by atoms with Gasteiger partial charge in [0.15, 0.2) is 5.58 Å². The zero-order valence-electron chi connectivity index (χ0n) is 13.8. The van der Waals surface area contributed by atoms with Gasteiger partial charge in [-0.15, -0.1) is 0 Å². The molecule has 1 aromatic heterocycles. The van der Waals surface area contributed by atoms with Crippen molar-refractivity contribution < 1.29 is 19.1 Å². The number of carbonyl (C=O) groups excluding carboxylic acids is 1. The van der Waals surface area contributed by atoms with Crippen molar-refractivity contribution >= 4 is 34.7 Å². The number of aromatic nitrogens is 1. The van der Waals surface area contributed by atoms with Crippen LogP contribution < -0.4 is 4.90 Å². The number of rotatable bonds is 6. The van der Waals surface area contributed by atoms with Gasteiger partial charge in [0.25, 0.3) is 0 Å². The summed E-state index contributed by atoms with van der Waals surface area (Å²) in [5, 5.41) is 9.21. The average Bonchev–Trinajstić information content (AvgIpc) is 2.86. The number of carboxylic acids is 1. The van der Waals surface area contributed by atoms with E-state index in [1.807, 2.05) is 19.1 Å². The maximum absolute atomic E-state index is 11.2. The molecule has 0 spiro atoms. The lowest BCUT2D eigenvalue weighted by molar-refractivity contribution is -0.132. The Labute approximate surface area is 144 Å². The Balaban J connectivity index is 1.99. The molecule has 3 rings (SSSR count). The van der Waals surface area contributed by atoms with Crippen molar-refractivity contribution in [2.75, 3.05) is 11.4 Å². The summed E-state index contributed by atoms with van der Waals surface area (Å²) in [6.45, 7) is 2.63. The van der Waals surface area contributed by atoms with Crippen LogP contribution in [0.2, 0.25) is 0 Å². The summed E-state index contributed by atoms with van der Waals surface area (Å²) in [4.78, 5) is 28.5. The van der Waals surface area contributed by atoms with Crippen LogP contribution in [0.4, 0.5) is 5.69 Å². The number of oxazole rings is 1. The third-order valence-electron chi connectivity index (χ3n) is 3.87. The highest BCUT2D eigenvalue weighted by Gasteiger charge is 2.15. The molecule has 0 radical (unpaired) electrons. The third kappa shape index (κ3) is 3.52. The van der Waals surface area contributed by atoms with Crippen LogP contribution in [0.5, 0.6) is 0 Å². The summed E-state index contributed by atoms with van der Waals surface area (Å²) in [7, 11) is 0. The molecule has 1 aliphatic rings. The second kappa shape index (κ2) is 7.17. The van der Waals surface area contributed by atoms with E-state index in [1.54, 1.807) is 35.3 Å². The maximum atomic E-state index is 11.2. The number of nitrogens with zero attached hydrogens (tertiary/aromatic N) is 2. The topological polar surface area (TPSA) is 83.6 Å². The van der Waals surface area contributed by atoms with Crippen molar-refractivity contribution in [3.05, 3.63) is 54.0 Å². The van der Waals surface area contributed by atoms with Gasteiger partial charge in [-0.2, -0.15) is 0 Å².